The van der Waals surface area contributed by atoms with Crippen molar-refractivity contribution in [2.24, 2.45) is 0 Å². The summed E-state index contributed by atoms with van der Waals surface area (Å²) < 4.78 is 5.77. The first-order valence-electron chi connectivity index (χ1n) is 12.3. The summed E-state index contributed by atoms with van der Waals surface area (Å²) in [6.07, 6.45) is 0. The highest BCUT2D eigenvalue weighted by molar-refractivity contribution is 5.89. The molecule has 0 atom stereocenters. The summed E-state index contributed by atoms with van der Waals surface area (Å²) in [6.45, 7) is 3.70. The molecule has 0 aromatic heterocycles. The fraction of sp³-hybridized carbons (Fsp3) is 0.500. The van der Waals surface area contributed by atoms with Gasteiger partial charge in [-0.1, -0.05) is 36.4 Å². The zero-order valence-corrected chi connectivity index (χ0v) is 21.2. The Balaban J connectivity index is 1.83. The van der Waals surface area contributed by atoms with Crippen LogP contribution in [0.25, 0.3) is 10.8 Å². The predicted molar refractivity (Wildman–Crippen MR) is 138 cm³/mol. The molecule has 11 heteroatoms. The Morgan fingerprint density at radius 1 is 0.676 bits per heavy atom. The van der Waals surface area contributed by atoms with Crippen LogP contribution in [0.2, 0.25) is 0 Å². The molecule has 2 aromatic carbocycles. The van der Waals surface area contributed by atoms with Crippen LogP contribution in [-0.4, -0.2) is 132 Å². The SMILES string of the molecule is COc1c(CN2CCN(CC(=O)O)CCN(CC(=O)O)CCN(CC(=O)O)CC2)ccc2ccccc12. The molecule has 3 rings (SSSR count). The minimum atomic E-state index is -0.975. The highest BCUT2D eigenvalue weighted by atomic mass is 16.5. The van der Waals surface area contributed by atoms with Gasteiger partial charge in [0, 0.05) is 69.9 Å². The van der Waals surface area contributed by atoms with Crippen LogP contribution in [0.5, 0.6) is 5.75 Å². The van der Waals surface area contributed by atoms with Crippen molar-refractivity contribution in [2.45, 2.75) is 6.54 Å². The molecule has 11 nitrogen and oxygen atoms in total. The number of methoxy groups -OCH3 is 1. The Labute approximate surface area is 216 Å². The molecular formula is C26H36N4O7. The number of nitrogens with zero attached hydrogens (tertiary/aromatic N) is 4. The topological polar surface area (TPSA) is 134 Å². The second-order valence-corrected chi connectivity index (χ2v) is 9.26. The van der Waals surface area contributed by atoms with Crippen molar-refractivity contribution < 1.29 is 34.4 Å². The lowest BCUT2D eigenvalue weighted by Gasteiger charge is -2.33. The molecule has 0 unspecified atom stereocenters. The summed E-state index contributed by atoms with van der Waals surface area (Å²) in [6, 6.07) is 12.1. The van der Waals surface area contributed by atoms with Crippen LogP contribution in [0.1, 0.15) is 5.56 Å². The lowest BCUT2D eigenvalue weighted by Crippen LogP contribution is -2.48. The van der Waals surface area contributed by atoms with Crippen LogP contribution in [0.3, 0.4) is 0 Å². The molecular weight excluding hydrogens is 480 g/mol. The van der Waals surface area contributed by atoms with Gasteiger partial charge >= 0.3 is 17.9 Å². The molecule has 1 saturated heterocycles. The van der Waals surface area contributed by atoms with Crippen LogP contribution in [0.15, 0.2) is 36.4 Å². The van der Waals surface area contributed by atoms with Crippen LogP contribution >= 0.6 is 0 Å². The van der Waals surface area contributed by atoms with Crippen LogP contribution in [-0.2, 0) is 20.9 Å². The van der Waals surface area contributed by atoms with Crippen molar-refractivity contribution in [1.29, 1.82) is 0 Å². The van der Waals surface area contributed by atoms with Gasteiger partial charge in [0.2, 0.25) is 0 Å². The maximum absolute atomic E-state index is 11.5. The number of benzene rings is 2. The zero-order valence-electron chi connectivity index (χ0n) is 21.2. The molecule has 3 N–H and O–H groups in total. The number of carboxylic acid groups (broad SMARTS) is 3. The maximum atomic E-state index is 11.5. The van der Waals surface area contributed by atoms with Crippen molar-refractivity contribution in [2.75, 3.05) is 79.1 Å². The van der Waals surface area contributed by atoms with Gasteiger partial charge in [0.15, 0.2) is 0 Å². The van der Waals surface area contributed by atoms with Crippen molar-refractivity contribution in [1.82, 2.24) is 19.6 Å². The molecule has 0 radical (unpaired) electrons. The summed E-state index contributed by atoms with van der Waals surface area (Å²) in [7, 11) is 1.65. The summed E-state index contributed by atoms with van der Waals surface area (Å²) in [4.78, 5) is 41.9. The van der Waals surface area contributed by atoms with E-state index in [1.54, 1.807) is 12.0 Å². The molecule has 0 amide bonds. The summed E-state index contributed by atoms with van der Waals surface area (Å²) >= 11 is 0. The van der Waals surface area contributed by atoms with Gasteiger partial charge in [-0.25, -0.2) is 0 Å². The molecule has 0 aliphatic carbocycles. The number of carboxylic acids is 3. The average molecular weight is 517 g/mol. The molecule has 37 heavy (non-hydrogen) atoms. The first-order valence-corrected chi connectivity index (χ1v) is 12.3. The molecule has 0 spiro atoms. The third-order valence-corrected chi connectivity index (χ3v) is 6.57. The fourth-order valence-corrected chi connectivity index (χ4v) is 4.68. The molecule has 1 aliphatic rings. The van der Waals surface area contributed by atoms with Gasteiger partial charge in [-0.2, -0.15) is 0 Å². The normalized spacial score (nSPS) is 17.6. The Morgan fingerprint density at radius 2 is 1.11 bits per heavy atom. The van der Waals surface area contributed by atoms with Crippen molar-refractivity contribution in [3.63, 3.8) is 0 Å². The molecule has 1 heterocycles. The molecule has 1 fully saturated rings. The van der Waals surface area contributed by atoms with Gasteiger partial charge in [0.05, 0.1) is 26.7 Å². The predicted octanol–water partition coefficient (Wildman–Crippen LogP) is 0.824. The van der Waals surface area contributed by atoms with E-state index in [0.717, 1.165) is 22.1 Å². The lowest BCUT2D eigenvalue weighted by molar-refractivity contribution is -0.140. The van der Waals surface area contributed by atoms with Crippen LogP contribution < -0.4 is 4.74 Å². The third-order valence-electron chi connectivity index (χ3n) is 6.57. The smallest absolute Gasteiger partial charge is 0.317 e. The highest BCUT2D eigenvalue weighted by Gasteiger charge is 2.21. The summed E-state index contributed by atoms with van der Waals surface area (Å²) in [5.41, 5.74) is 0.996. The lowest BCUT2D eigenvalue weighted by atomic mass is 10.0. The van der Waals surface area contributed by atoms with Gasteiger partial charge in [0.25, 0.3) is 0 Å². The van der Waals surface area contributed by atoms with Crippen molar-refractivity contribution >= 4 is 28.7 Å². The number of hydrogen-bond acceptors (Lipinski definition) is 8. The van der Waals surface area contributed by atoms with E-state index in [1.807, 2.05) is 46.2 Å². The van der Waals surface area contributed by atoms with E-state index in [2.05, 4.69) is 4.90 Å². The molecule has 0 bridgehead atoms. The standard InChI is InChI=1S/C26H36N4O7/c1-37-26-21(7-6-20-4-2-3-5-22(20)26)16-27-8-10-28(17-23(31)32)12-14-30(19-25(35)36)15-13-29(11-9-27)18-24(33)34/h2-7H,8-19H2,1H3,(H,31,32)(H,33,34)(H,35,36). The molecule has 2 aromatic rings. The number of ether oxygens (including phenoxy) is 1. The minimum Gasteiger partial charge on any atom is -0.496 e. The van der Waals surface area contributed by atoms with Crippen LogP contribution in [0, 0.1) is 0 Å². The monoisotopic (exact) mass is 516 g/mol. The van der Waals surface area contributed by atoms with E-state index >= 15 is 0 Å². The number of hydrogen-bond donors (Lipinski definition) is 3. The van der Waals surface area contributed by atoms with Crippen molar-refractivity contribution in [3.05, 3.63) is 42.0 Å². The number of carbonyl (C=O) groups is 3. The zero-order chi connectivity index (χ0) is 26.8. The number of aliphatic carboxylic acids is 3. The van der Waals surface area contributed by atoms with E-state index in [-0.39, 0.29) is 19.6 Å². The summed E-state index contributed by atoms with van der Waals surface area (Å²) in [5, 5.41) is 30.2. The van der Waals surface area contributed by atoms with E-state index in [0.29, 0.717) is 58.9 Å². The molecule has 202 valence electrons. The number of fused-ring (bicyclic) bond motifs is 1. The number of rotatable bonds is 9. The molecule has 0 saturated carbocycles. The van der Waals surface area contributed by atoms with Gasteiger partial charge in [-0.3, -0.25) is 34.0 Å². The van der Waals surface area contributed by atoms with Crippen molar-refractivity contribution in [3.8, 4) is 5.75 Å². The van der Waals surface area contributed by atoms with Gasteiger partial charge in [-0.15, -0.1) is 0 Å². The Bertz CT molecular complexity index is 1050. The Kier molecular flexibility index (Phi) is 10.6. The van der Waals surface area contributed by atoms with E-state index in [9.17, 15) is 29.7 Å². The van der Waals surface area contributed by atoms with Gasteiger partial charge in [0.1, 0.15) is 5.75 Å². The average Bonchev–Trinajstić information content (AvgIpc) is 2.84. The van der Waals surface area contributed by atoms with Gasteiger partial charge in [-0.05, 0) is 5.39 Å². The molecule has 1 aliphatic heterocycles. The van der Waals surface area contributed by atoms with Gasteiger partial charge < -0.3 is 20.1 Å². The third kappa shape index (κ3) is 8.97. The highest BCUT2D eigenvalue weighted by Crippen LogP contribution is 2.30. The van der Waals surface area contributed by atoms with E-state index in [4.69, 9.17) is 4.74 Å². The quantitative estimate of drug-likeness (QED) is 0.437. The first kappa shape index (κ1) is 28.3. The second-order valence-electron chi connectivity index (χ2n) is 9.26. The van der Waals surface area contributed by atoms with E-state index < -0.39 is 17.9 Å². The maximum Gasteiger partial charge on any atom is 0.317 e. The Hall–Kier alpha value is -3.25. The van der Waals surface area contributed by atoms with Crippen LogP contribution in [0.4, 0.5) is 0 Å². The van der Waals surface area contributed by atoms with E-state index in [1.165, 1.54) is 0 Å². The largest absolute Gasteiger partial charge is 0.496 e. The second kappa shape index (κ2) is 13.9. The Morgan fingerprint density at radius 3 is 1.54 bits per heavy atom. The fourth-order valence-electron chi connectivity index (χ4n) is 4.68. The summed E-state index contributed by atoms with van der Waals surface area (Å²) in [5.74, 6) is -2.06. The minimum absolute atomic E-state index is 0.140. The first-order chi connectivity index (χ1) is 17.7.